The largest absolute Gasteiger partial charge is 0.492 e. The molecule has 0 saturated carbocycles. The average Bonchev–Trinajstić information content (AvgIpc) is 2.59. The summed E-state index contributed by atoms with van der Waals surface area (Å²) >= 11 is 0. The van der Waals surface area contributed by atoms with Gasteiger partial charge in [-0.05, 0) is 32.0 Å². The van der Waals surface area contributed by atoms with Gasteiger partial charge in [0.25, 0.3) is 0 Å². The van der Waals surface area contributed by atoms with Crippen LogP contribution >= 0.6 is 0 Å². The fraction of sp³-hybridized carbons (Fsp3) is 0.611. The van der Waals surface area contributed by atoms with Gasteiger partial charge in [-0.1, -0.05) is 6.07 Å². The van der Waals surface area contributed by atoms with Gasteiger partial charge < -0.3 is 10.1 Å². The highest BCUT2D eigenvalue weighted by molar-refractivity contribution is 5.78. The van der Waals surface area contributed by atoms with Gasteiger partial charge >= 0.3 is 6.18 Å². The minimum absolute atomic E-state index is 0.101. The number of nitrogens with one attached hydrogen (secondary N) is 1. The van der Waals surface area contributed by atoms with E-state index in [-0.39, 0.29) is 24.8 Å². The molecule has 2 rings (SSSR count). The molecular weight excluding hydrogens is 347 g/mol. The summed E-state index contributed by atoms with van der Waals surface area (Å²) in [5.41, 5.74) is -0.750. The number of halogens is 3. The van der Waals surface area contributed by atoms with E-state index in [2.05, 4.69) is 29.0 Å². The first kappa shape index (κ1) is 20.5. The maximum absolute atomic E-state index is 12.6. The third-order valence-electron chi connectivity index (χ3n) is 4.36. The third kappa shape index (κ3) is 6.49. The van der Waals surface area contributed by atoms with Crippen LogP contribution in [-0.2, 0) is 11.0 Å². The third-order valence-corrected chi connectivity index (χ3v) is 4.36. The Kier molecular flexibility index (Phi) is 7.28. The van der Waals surface area contributed by atoms with Crippen molar-refractivity contribution in [2.45, 2.75) is 26.1 Å². The molecule has 1 aliphatic rings. The van der Waals surface area contributed by atoms with Crippen molar-refractivity contribution in [2.75, 3.05) is 45.9 Å². The monoisotopic (exact) mass is 373 g/mol. The van der Waals surface area contributed by atoms with Crippen LogP contribution in [0.1, 0.15) is 19.4 Å². The van der Waals surface area contributed by atoms with E-state index in [9.17, 15) is 18.0 Å². The van der Waals surface area contributed by atoms with Crippen molar-refractivity contribution in [3.05, 3.63) is 29.8 Å². The van der Waals surface area contributed by atoms with Crippen molar-refractivity contribution in [1.29, 1.82) is 0 Å². The smallest absolute Gasteiger partial charge is 0.416 e. The molecule has 1 N–H and O–H groups in total. The predicted molar refractivity (Wildman–Crippen MR) is 93.1 cm³/mol. The minimum Gasteiger partial charge on any atom is -0.492 e. The lowest BCUT2D eigenvalue weighted by Gasteiger charge is -2.36. The normalized spacial score (nSPS) is 16.7. The minimum atomic E-state index is -4.40. The van der Waals surface area contributed by atoms with Gasteiger partial charge in [-0.15, -0.1) is 0 Å². The van der Waals surface area contributed by atoms with Crippen LogP contribution < -0.4 is 10.1 Å². The fourth-order valence-electron chi connectivity index (χ4n) is 2.82. The highest BCUT2D eigenvalue weighted by Gasteiger charge is 2.30. The molecule has 26 heavy (non-hydrogen) atoms. The van der Waals surface area contributed by atoms with Crippen molar-refractivity contribution in [2.24, 2.45) is 0 Å². The van der Waals surface area contributed by atoms with E-state index in [0.29, 0.717) is 12.6 Å². The standard InChI is InChI=1S/C18H26F3N3O2/c1-14(2)24-9-7-23(8-10-24)13-17(25)22-6-11-26-16-5-3-4-15(12-16)18(19,20)21/h3-5,12,14H,6-11,13H2,1-2H3,(H,22,25). The molecule has 1 fully saturated rings. The highest BCUT2D eigenvalue weighted by atomic mass is 19.4. The summed E-state index contributed by atoms with van der Waals surface area (Å²) in [6.07, 6.45) is -4.40. The number of nitrogens with zero attached hydrogens (tertiary/aromatic N) is 2. The van der Waals surface area contributed by atoms with Gasteiger partial charge in [-0.25, -0.2) is 0 Å². The van der Waals surface area contributed by atoms with Crippen LogP contribution in [0.4, 0.5) is 13.2 Å². The Morgan fingerprint density at radius 1 is 1.23 bits per heavy atom. The number of carbonyl (C=O) groups excluding carboxylic acids is 1. The Morgan fingerprint density at radius 3 is 2.54 bits per heavy atom. The van der Waals surface area contributed by atoms with E-state index < -0.39 is 11.7 Å². The van der Waals surface area contributed by atoms with Gasteiger partial charge in [-0.2, -0.15) is 13.2 Å². The van der Waals surface area contributed by atoms with E-state index in [1.807, 2.05) is 0 Å². The molecule has 0 aromatic heterocycles. The lowest BCUT2D eigenvalue weighted by Crippen LogP contribution is -2.51. The summed E-state index contributed by atoms with van der Waals surface area (Å²) in [4.78, 5) is 16.4. The van der Waals surface area contributed by atoms with Crippen LogP contribution in [0, 0.1) is 0 Å². The van der Waals surface area contributed by atoms with Crippen LogP contribution in [0.5, 0.6) is 5.75 Å². The Labute approximate surface area is 152 Å². The highest BCUT2D eigenvalue weighted by Crippen LogP contribution is 2.31. The van der Waals surface area contributed by atoms with Crippen LogP contribution in [0.15, 0.2) is 24.3 Å². The second-order valence-electron chi connectivity index (χ2n) is 6.63. The van der Waals surface area contributed by atoms with E-state index in [1.165, 1.54) is 12.1 Å². The number of alkyl halides is 3. The maximum Gasteiger partial charge on any atom is 0.416 e. The summed E-state index contributed by atoms with van der Waals surface area (Å²) in [6, 6.07) is 5.22. The molecule has 1 aromatic rings. The number of carbonyl (C=O) groups is 1. The molecule has 8 heteroatoms. The lowest BCUT2D eigenvalue weighted by molar-refractivity contribution is -0.137. The van der Waals surface area contributed by atoms with Crippen LogP contribution in [0.2, 0.25) is 0 Å². The topological polar surface area (TPSA) is 44.8 Å². The van der Waals surface area contributed by atoms with Gasteiger partial charge in [-0.3, -0.25) is 14.6 Å². The molecule has 1 amide bonds. The zero-order valence-electron chi connectivity index (χ0n) is 15.2. The first-order valence-corrected chi connectivity index (χ1v) is 8.79. The number of amides is 1. The van der Waals surface area contributed by atoms with Crippen molar-refractivity contribution < 1.29 is 22.7 Å². The lowest BCUT2D eigenvalue weighted by atomic mass is 10.2. The Morgan fingerprint density at radius 2 is 1.92 bits per heavy atom. The van der Waals surface area contributed by atoms with E-state index in [4.69, 9.17) is 4.74 Å². The number of ether oxygens (including phenoxy) is 1. The quantitative estimate of drug-likeness (QED) is 0.745. The molecule has 0 unspecified atom stereocenters. The Balaban J connectivity index is 1.65. The van der Waals surface area contributed by atoms with E-state index in [0.717, 1.165) is 38.3 Å². The molecule has 1 aromatic carbocycles. The molecule has 0 atom stereocenters. The van der Waals surface area contributed by atoms with Gasteiger partial charge in [0.15, 0.2) is 0 Å². The maximum atomic E-state index is 12.6. The van der Waals surface area contributed by atoms with Crippen molar-refractivity contribution >= 4 is 5.91 Å². The molecule has 0 radical (unpaired) electrons. The number of benzene rings is 1. The second kappa shape index (κ2) is 9.23. The molecular formula is C18H26F3N3O2. The molecule has 5 nitrogen and oxygen atoms in total. The molecule has 0 aliphatic carbocycles. The summed E-state index contributed by atoms with van der Waals surface area (Å²) < 4.78 is 43.2. The molecule has 1 saturated heterocycles. The summed E-state index contributed by atoms with van der Waals surface area (Å²) in [5, 5.41) is 2.74. The van der Waals surface area contributed by atoms with Crippen molar-refractivity contribution in [3.8, 4) is 5.75 Å². The molecule has 0 bridgehead atoms. The molecule has 1 aliphatic heterocycles. The first-order valence-electron chi connectivity index (χ1n) is 8.79. The molecule has 146 valence electrons. The van der Waals surface area contributed by atoms with Crippen molar-refractivity contribution in [1.82, 2.24) is 15.1 Å². The van der Waals surface area contributed by atoms with E-state index >= 15 is 0 Å². The number of hydrogen-bond acceptors (Lipinski definition) is 4. The SMILES string of the molecule is CC(C)N1CCN(CC(=O)NCCOc2cccc(C(F)(F)F)c2)CC1. The number of rotatable bonds is 7. The second-order valence-corrected chi connectivity index (χ2v) is 6.63. The Bertz CT molecular complexity index is 585. The average molecular weight is 373 g/mol. The van der Waals surface area contributed by atoms with Crippen LogP contribution in [0.3, 0.4) is 0 Å². The van der Waals surface area contributed by atoms with Gasteiger partial charge in [0.1, 0.15) is 12.4 Å². The summed E-state index contributed by atoms with van der Waals surface area (Å²) in [6.45, 7) is 8.62. The summed E-state index contributed by atoms with van der Waals surface area (Å²) in [5.74, 6) is 0.0366. The summed E-state index contributed by atoms with van der Waals surface area (Å²) in [7, 11) is 0. The van der Waals surface area contributed by atoms with Crippen LogP contribution in [-0.4, -0.2) is 67.6 Å². The predicted octanol–water partition coefficient (Wildman–Crippen LogP) is 2.23. The zero-order chi connectivity index (χ0) is 19.2. The fourth-order valence-corrected chi connectivity index (χ4v) is 2.82. The number of piperazine rings is 1. The van der Waals surface area contributed by atoms with Gasteiger partial charge in [0, 0.05) is 32.2 Å². The van der Waals surface area contributed by atoms with Gasteiger partial charge in [0.05, 0.1) is 18.7 Å². The van der Waals surface area contributed by atoms with E-state index in [1.54, 1.807) is 0 Å². The van der Waals surface area contributed by atoms with Crippen molar-refractivity contribution in [3.63, 3.8) is 0 Å². The Hall–Kier alpha value is -1.80. The van der Waals surface area contributed by atoms with Crippen LogP contribution in [0.25, 0.3) is 0 Å². The van der Waals surface area contributed by atoms with Gasteiger partial charge in [0.2, 0.25) is 5.91 Å². The first-order chi connectivity index (χ1) is 12.3. The molecule has 0 spiro atoms. The zero-order valence-corrected chi connectivity index (χ0v) is 15.2. The molecule has 1 heterocycles. The number of hydrogen-bond donors (Lipinski definition) is 1.